The van der Waals surface area contributed by atoms with Crippen LogP contribution < -0.4 is 5.43 Å². The van der Waals surface area contributed by atoms with Crippen LogP contribution in [0.1, 0.15) is 16.1 Å². The number of aromatic nitrogens is 4. The number of thioether (sulfide) groups is 1. The van der Waals surface area contributed by atoms with Gasteiger partial charge in [0.25, 0.3) is 5.91 Å². The highest BCUT2D eigenvalue weighted by molar-refractivity contribution is 8.01. The lowest BCUT2D eigenvalue weighted by Crippen LogP contribution is -2.19. The Morgan fingerprint density at radius 2 is 2.06 bits per heavy atom. The van der Waals surface area contributed by atoms with E-state index in [0.29, 0.717) is 21.8 Å². The summed E-state index contributed by atoms with van der Waals surface area (Å²) in [6, 6.07) is 14.1. The van der Waals surface area contributed by atoms with Gasteiger partial charge in [0, 0.05) is 27.9 Å². The summed E-state index contributed by atoms with van der Waals surface area (Å²) in [5.41, 5.74) is 5.05. The van der Waals surface area contributed by atoms with Crippen LogP contribution in [0.4, 0.5) is 4.39 Å². The fourth-order valence-electron chi connectivity index (χ4n) is 2.95. The highest BCUT2D eigenvalue weighted by Crippen LogP contribution is 2.24. The predicted molar refractivity (Wildman–Crippen MR) is 129 cm³/mol. The van der Waals surface area contributed by atoms with Crippen LogP contribution in [-0.2, 0) is 11.3 Å². The topological polar surface area (TPSA) is 85.1 Å². The van der Waals surface area contributed by atoms with Crippen molar-refractivity contribution in [3.8, 4) is 11.3 Å². The Kier molecular flexibility index (Phi) is 7.48. The fraction of sp³-hybridized carbons (Fsp3) is 0.136. The summed E-state index contributed by atoms with van der Waals surface area (Å²) in [6.45, 7) is 2.01. The monoisotopic (exact) mass is 500 g/mol. The first-order chi connectivity index (χ1) is 16.0. The summed E-state index contributed by atoms with van der Waals surface area (Å²) in [7, 11) is 0. The molecule has 4 rings (SSSR count). The van der Waals surface area contributed by atoms with Crippen molar-refractivity contribution in [3.05, 3.63) is 81.7 Å². The molecule has 4 aromatic rings. The van der Waals surface area contributed by atoms with Gasteiger partial charge in [-0.15, -0.1) is 10.2 Å². The van der Waals surface area contributed by atoms with Crippen molar-refractivity contribution in [1.29, 1.82) is 0 Å². The number of benzene rings is 2. The Bertz CT molecular complexity index is 1270. The molecule has 0 spiro atoms. The standard InChI is InChI=1S/C22H18ClFN6OS2/c1-14-26-28-22(33-14)32-13-20(31)27-25-10-16-11-30(12-17-18(23)8-5-9-19(17)24)29-21(16)15-6-3-2-4-7-15/h2-11H,12-13H2,1H3,(H,27,31)/b25-10-. The first kappa shape index (κ1) is 23.1. The molecule has 0 unspecified atom stereocenters. The molecule has 1 amide bonds. The lowest BCUT2D eigenvalue weighted by Gasteiger charge is -2.05. The second-order valence-electron chi connectivity index (χ2n) is 6.87. The van der Waals surface area contributed by atoms with E-state index in [9.17, 15) is 9.18 Å². The number of aryl methyl sites for hydroxylation is 1. The van der Waals surface area contributed by atoms with Gasteiger partial charge in [-0.2, -0.15) is 10.2 Å². The third kappa shape index (κ3) is 6.04. The molecule has 0 aliphatic rings. The van der Waals surface area contributed by atoms with Gasteiger partial charge in [0.15, 0.2) is 4.34 Å². The number of halogens is 2. The molecule has 0 aliphatic carbocycles. The largest absolute Gasteiger partial charge is 0.272 e. The number of hydrazone groups is 1. The third-order valence-corrected chi connectivity index (χ3v) is 6.77. The number of nitrogens with one attached hydrogen (secondary N) is 1. The van der Waals surface area contributed by atoms with Gasteiger partial charge in [0.05, 0.1) is 18.5 Å². The zero-order valence-corrected chi connectivity index (χ0v) is 19.8. The van der Waals surface area contributed by atoms with Crippen LogP contribution in [0.15, 0.2) is 64.2 Å². The van der Waals surface area contributed by atoms with Gasteiger partial charge >= 0.3 is 0 Å². The summed E-state index contributed by atoms with van der Waals surface area (Å²) in [5, 5.41) is 17.8. The van der Waals surface area contributed by atoms with Crippen molar-refractivity contribution in [2.75, 3.05) is 5.75 Å². The molecule has 1 N–H and O–H groups in total. The van der Waals surface area contributed by atoms with E-state index >= 15 is 0 Å². The number of nitrogens with zero attached hydrogens (tertiary/aromatic N) is 5. The minimum atomic E-state index is -0.398. The van der Waals surface area contributed by atoms with Crippen molar-refractivity contribution >= 4 is 46.8 Å². The number of hydrogen-bond acceptors (Lipinski definition) is 7. The maximum atomic E-state index is 14.2. The highest BCUT2D eigenvalue weighted by atomic mass is 35.5. The molecule has 11 heteroatoms. The minimum Gasteiger partial charge on any atom is -0.272 e. The van der Waals surface area contributed by atoms with Crippen LogP contribution in [0.5, 0.6) is 0 Å². The van der Waals surface area contributed by atoms with E-state index in [0.717, 1.165) is 14.9 Å². The van der Waals surface area contributed by atoms with E-state index in [1.54, 1.807) is 23.0 Å². The number of hydrogen-bond donors (Lipinski definition) is 1. The van der Waals surface area contributed by atoms with Crippen LogP contribution in [0.25, 0.3) is 11.3 Å². The zero-order valence-electron chi connectivity index (χ0n) is 17.4. The van der Waals surface area contributed by atoms with Crippen molar-refractivity contribution in [2.24, 2.45) is 5.10 Å². The van der Waals surface area contributed by atoms with Gasteiger partial charge in [-0.25, -0.2) is 9.82 Å². The van der Waals surface area contributed by atoms with Crippen LogP contribution in [0, 0.1) is 12.7 Å². The van der Waals surface area contributed by atoms with E-state index in [1.807, 2.05) is 37.3 Å². The predicted octanol–water partition coefficient (Wildman–Crippen LogP) is 4.79. The van der Waals surface area contributed by atoms with Gasteiger partial charge in [0.2, 0.25) is 0 Å². The van der Waals surface area contributed by atoms with Crippen molar-refractivity contribution in [1.82, 2.24) is 25.4 Å². The van der Waals surface area contributed by atoms with Crippen LogP contribution in [0.2, 0.25) is 5.02 Å². The molecule has 0 bridgehead atoms. The second-order valence-corrected chi connectivity index (χ2v) is 9.68. The zero-order chi connectivity index (χ0) is 23.2. The van der Waals surface area contributed by atoms with Gasteiger partial charge in [-0.05, 0) is 19.1 Å². The lowest BCUT2D eigenvalue weighted by atomic mass is 10.1. The molecule has 0 radical (unpaired) electrons. The summed E-state index contributed by atoms with van der Waals surface area (Å²) in [6.07, 6.45) is 3.26. The van der Waals surface area contributed by atoms with E-state index < -0.39 is 5.82 Å². The smallest absolute Gasteiger partial charge is 0.250 e. The SMILES string of the molecule is Cc1nnc(SCC(=O)N/N=C\c2cn(Cc3c(F)cccc3Cl)nc2-c2ccccc2)s1. The Balaban J connectivity index is 1.50. The normalized spacial score (nSPS) is 11.2. The van der Waals surface area contributed by atoms with Crippen molar-refractivity contribution in [3.63, 3.8) is 0 Å². The number of carbonyl (C=O) groups is 1. The number of rotatable bonds is 8. The fourth-order valence-corrected chi connectivity index (χ4v) is 4.78. The first-order valence-electron chi connectivity index (χ1n) is 9.80. The summed E-state index contributed by atoms with van der Waals surface area (Å²) in [4.78, 5) is 12.1. The maximum Gasteiger partial charge on any atom is 0.250 e. The quantitative estimate of drug-likeness (QED) is 0.213. The van der Waals surface area contributed by atoms with Gasteiger partial charge in [-0.3, -0.25) is 9.48 Å². The van der Waals surface area contributed by atoms with Gasteiger partial charge in [-0.1, -0.05) is 71.1 Å². The lowest BCUT2D eigenvalue weighted by molar-refractivity contribution is -0.118. The van der Waals surface area contributed by atoms with Gasteiger partial charge in [0.1, 0.15) is 16.5 Å². The van der Waals surface area contributed by atoms with E-state index in [4.69, 9.17) is 11.6 Å². The molecule has 0 atom stereocenters. The molecule has 0 aliphatic heterocycles. The Hall–Kier alpha value is -3.08. The highest BCUT2D eigenvalue weighted by Gasteiger charge is 2.13. The van der Waals surface area contributed by atoms with Crippen LogP contribution in [-0.4, -0.2) is 37.9 Å². The first-order valence-corrected chi connectivity index (χ1v) is 12.0. The molecule has 2 aromatic carbocycles. The Morgan fingerprint density at radius 1 is 1.24 bits per heavy atom. The molecule has 0 saturated carbocycles. The minimum absolute atomic E-state index is 0.156. The third-order valence-electron chi connectivity index (χ3n) is 4.45. The van der Waals surface area contributed by atoms with Crippen LogP contribution in [0.3, 0.4) is 0 Å². The summed E-state index contributed by atoms with van der Waals surface area (Å²) in [5.74, 6) is -0.497. The van der Waals surface area contributed by atoms with E-state index in [-0.39, 0.29) is 18.2 Å². The second kappa shape index (κ2) is 10.7. The summed E-state index contributed by atoms with van der Waals surface area (Å²) >= 11 is 8.90. The van der Waals surface area contributed by atoms with Crippen molar-refractivity contribution in [2.45, 2.75) is 17.8 Å². The molecule has 33 heavy (non-hydrogen) atoms. The van der Waals surface area contributed by atoms with Gasteiger partial charge < -0.3 is 0 Å². The van der Waals surface area contributed by atoms with E-state index in [2.05, 4.69) is 25.8 Å². The maximum absolute atomic E-state index is 14.2. The molecule has 7 nitrogen and oxygen atoms in total. The molecule has 0 saturated heterocycles. The molecule has 0 fully saturated rings. The Labute approximate surface area is 202 Å². The molecular formula is C22H18ClFN6OS2. The molecule has 2 aromatic heterocycles. The summed E-state index contributed by atoms with van der Waals surface area (Å²) < 4.78 is 16.6. The average Bonchev–Trinajstić information content (AvgIpc) is 3.41. The molecule has 168 valence electrons. The van der Waals surface area contributed by atoms with Crippen molar-refractivity contribution < 1.29 is 9.18 Å². The molecule has 2 heterocycles. The van der Waals surface area contributed by atoms with Crippen LogP contribution >= 0.6 is 34.7 Å². The van der Waals surface area contributed by atoms with E-state index in [1.165, 1.54) is 35.4 Å². The Morgan fingerprint density at radius 3 is 2.79 bits per heavy atom. The number of amides is 1. The molecular weight excluding hydrogens is 483 g/mol. The number of carbonyl (C=O) groups excluding carboxylic acids is 1. The average molecular weight is 501 g/mol.